The van der Waals surface area contributed by atoms with Gasteiger partial charge < -0.3 is 10.2 Å². The Morgan fingerprint density at radius 1 is 1.25 bits per heavy atom. The van der Waals surface area contributed by atoms with Gasteiger partial charge in [-0.05, 0) is 49.6 Å². The number of nitrogens with zero attached hydrogens (tertiary/aromatic N) is 3. The van der Waals surface area contributed by atoms with E-state index in [9.17, 15) is 4.79 Å². The van der Waals surface area contributed by atoms with Crippen LogP contribution in [0.2, 0.25) is 5.02 Å². The van der Waals surface area contributed by atoms with Gasteiger partial charge in [-0.25, -0.2) is 0 Å². The number of aryl methyl sites for hydroxylation is 1. The standard InChI is InChI=1S/C17H19ClN4OS/c1-12-4-5-13(10-14(12)18)19-16(23)11-24-17-7-6-15(20-21-17)22-8-2-3-9-22/h4-7,10H,2-3,8-9,11H2,1H3,(H,19,23). The quantitative estimate of drug-likeness (QED) is 0.820. The van der Waals surface area contributed by atoms with E-state index in [4.69, 9.17) is 11.6 Å². The largest absolute Gasteiger partial charge is 0.355 e. The van der Waals surface area contributed by atoms with Crippen molar-refractivity contribution < 1.29 is 4.79 Å². The van der Waals surface area contributed by atoms with Crippen LogP contribution in [0.15, 0.2) is 35.4 Å². The molecular weight excluding hydrogens is 344 g/mol. The fourth-order valence-electron chi connectivity index (χ4n) is 2.51. The third-order valence-corrected chi connectivity index (χ3v) is 5.19. The van der Waals surface area contributed by atoms with Gasteiger partial charge in [-0.2, -0.15) is 0 Å². The molecule has 0 unspecified atom stereocenters. The second-order valence-electron chi connectivity index (χ2n) is 5.72. The van der Waals surface area contributed by atoms with Crippen molar-refractivity contribution in [3.05, 3.63) is 40.9 Å². The van der Waals surface area contributed by atoms with Crippen LogP contribution in [0.5, 0.6) is 0 Å². The van der Waals surface area contributed by atoms with Crippen LogP contribution >= 0.6 is 23.4 Å². The van der Waals surface area contributed by atoms with Gasteiger partial charge in [0, 0.05) is 23.8 Å². The van der Waals surface area contributed by atoms with Gasteiger partial charge in [-0.15, -0.1) is 10.2 Å². The van der Waals surface area contributed by atoms with Crippen molar-refractivity contribution in [2.24, 2.45) is 0 Å². The van der Waals surface area contributed by atoms with Gasteiger partial charge in [0.15, 0.2) is 5.82 Å². The first-order chi connectivity index (χ1) is 11.6. The number of rotatable bonds is 5. The van der Waals surface area contributed by atoms with Crippen LogP contribution in [0.1, 0.15) is 18.4 Å². The van der Waals surface area contributed by atoms with Crippen LogP contribution < -0.4 is 10.2 Å². The Balaban J connectivity index is 1.51. The lowest BCUT2D eigenvalue weighted by molar-refractivity contribution is -0.113. The summed E-state index contributed by atoms with van der Waals surface area (Å²) in [5, 5.41) is 12.7. The van der Waals surface area contributed by atoms with Crippen molar-refractivity contribution in [3.63, 3.8) is 0 Å². The SMILES string of the molecule is Cc1ccc(NC(=O)CSc2ccc(N3CCCC3)nn2)cc1Cl. The molecule has 2 heterocycles. The van der Waals surface area contributed by atoms with Gasteiger partial charge in [-0.3, -0.25) is 4.79 Å². The monoisotopic (exact) mass is 362 g/mol. The van der Waals surface area contributed by atoms with Crippen molar-refractivity contribution in [1.82, 2.24) is 10.2 Å². The average molecular weight is 363 g/mol. The minimum absolute atomic E-state index is 0.0923. The number of aromatic nitrogens is 2. The molecule has 0 aliphatic carbocycles. The topological polar surface area (TPSA) is 58.1 Å². The Labute approximate surface area is 150 Å². The van der Waals surface area contributed by atoms with E-state index in [-0.39, 0.29) is 11.7 Å². The van der Waals surface area contributed by atoms with E-state index in [2.05, 4.69) is 20.4 Å². The highest BCUT2D eigenvalue weighted by Crippen LogP contribution is 2.22. The summed E-state index contributed by atoms with van der Waals surface area (Å²) < 4.78 is 0. The van der Waals surface area contributed by atoms with Crippen LogP contribution in [0, 0.1) is 6.92 Å². The van der Waals surface area contributed by atoms with E-state index in [0.717, 1.165) is 29.5 Å². The average Bonchev–Trinajstić information content (AvgIpc) is 3.11. The highest BCUT2D eigenvalue weighted by atomic mass is 35.5. The molecule has 7 heteroatoms. The molecule has 1 N–H and O–H groups in total. The van der Waals surface area contributed by atoms with Crippen molar-refractivity contribution in [2.75, 3.05) is 29.1 Å². The fourth-order valence-corrected chi connectivity index (χ4v) is 3.31. The molecule has 1 saturated heterocycles. The summed E-state index contributed by atoms with van der Waals surface area (Å²) in [7, 11) is 0. The van der Waals surface area contributed by atoms with Gasteiger partial charge in [0.1, 0.15) is 5.03 Å². The second kappa shape index (κ2) is 7.85. The lowest BCUT2D eigenvalue weighted by Gasteiger charge is -2.15. The van der Waals surface area contributed by atoms with E-state index >= 15 is 0 Å². The van der Waals surface area contributed by atoms with Gasteiger partial charge in [0.2, 0.25) is 5.91 Å². The summed E-state index contributed by atoms with van der Waals surface area (Å²) in [5.41, 5.74) is 1.68. The minimum Gasteiger partial charge on any atom is -0.355 e. The minimum atomic E-state index is -0.0923. The number of benzene rings is 1. The number of anilines is 2. The Kier molecular flexibility index (Phi) is 5.58. The van der Waals surface area contributed by atoms with Crippen molar-refractivity contribution in [3.8, 4) is 0 Å². The molecule has 0 saturated carbocycles. The van der Waals surface area contributed by atoms with Gasteiger partial charge in [0.05, 0.1) is 5.75 Å². The molecule has 0 radical (unpaired) electrons. The normalized spacial score (nSPS) is 14.0. The first-order valence-electron chi connectivity index (χ1n) is 7.89. The lowest BCUT2D eigenvalue weighted by atomic mass is 10.2. The molecule has 1 aliphatic heterocycles. The lowest BCUT2D eigenvalue weighted by Crippen LogP contribution is -2.19. The first kappa shape index (κ1) is 17.0. The molecule has 1 fully saturated rings. The summed E-state index contributed by atoms with van der Waals surface area (Å²) in [6.45, 7) is 4.01. The van der Waals surface area contributed by atoms with E-state index in [0.29, 0.717) is 10.7 Å². The Morgan fingerprint density at radius 2 is 2.04 bits per heavy atom. The third-order valence-electron chi connectivity index (χ3n) is 3.86. The van der Waals surface area contributed by atoms with Gasteiger partial charge in [-0.1, -0.05) is 29.4 Å². The summed E-state index contributed by atoms with van der Waals surface area (Å²) >= 11 is 7.43. The summed E-state index contributed by atoms with van der Waals surface area (Å²) in [6, 6.07) is 9.37. The molecule has 5 nitrogen and oxygen atoms in total. The van der Waals surface area contributed by atoms with E-state index < -0.39 is 0 Å². The molecular formula is C17H19ClN4OS. The maximum Gasteiger partial charge on any atom is 0.234 e. The Bertz CT molecular complexity index is 717. The van der Waals surface area contributed by atoms with Gasteiger partial charge >= 0.3 is 0 Å². The number of thioether (sulfide) groups is 1. The molecule has 3 rings (SSSR count). The Morgan fingerprint density at radius 3 is 2.71 bits per heavy atom. The van der Waals surface area contributed by atoms with Crippen LogP contribution in [-0.4, -0.2) is 34.9 Å². The molecule has 2 aromatic rings. The third kappa shape index (κ3) is 4.39. The molecule has 1 aliphatic rings. The predicted octanol–water partition coefficient (Wildman–Crippen LogP) is 3.77. The van der Waals surface area contributed by atoms with Crippen LogP contribution in [0.25, 0.3) is 0 Å². The number of amides is 1. The molecule has 0 bridgehead atoms. The highest BCUT2D eigenvalue weighted by molar-refractivity contribution is 7.99. The number of hydrogen-bond donors (Lipinski definition) is 1. The zero-order valence-electron chi connectivity index (χ0n) is 13.5. The van der Waals surface area contributed by atoms with Crippen LogP contribution in [-0.2, 0) is 4.79 Å². The molecule has 1 amide bonds. The summed E-state index contributed by atoms with van der Waals surface area (Å²) in [5.74, 6) is 1.10. The Hall–Kier alpha value is -1.79. The summed E-state index contributed by atoms with van der Waals surface area (Å²) in [6.07, 6.45) is 2.42. The van der Waals surface area contributed by atoms with Crippen LogP contribution in [0.4, 0.5) is 11.5 Å². The zero-order valence-corrected chi connectivity index (χ0v) is 15.0. The van der Waals surface area contributed by atoms with E-state index in [1.54, 1.807) is 6.07 Å². The van der Waals surface area contributed by atoms with Crippen LogP contribution in [0.3, 0.4) is 0 Å². The first-order valence-corrected chi connectivity index (χ1v) is 9.26. The van der Waals surface area contributed by atoms with Gasteiger partial charge in [0.25, 0.3) is 0 Å². The molecule has 126 valence electrons. The smallest absolute Gasteiger partial charge is 0.234 e. The van der Waals surface area contributed by atoms with Crippen molar-refractivity contribution in [2.45, 2.75) is 24.8 Å². The number of carbonyl (C=O) groups excluding carboxylic acids is 1. The molecule has 1 aromatic carbocycles. The number of nitrogens with one attached hydrogen (secondary N) is 1. The molecule has 0 spiro atoms. The molecule has 1 aromatic heterocycles. The number of hydrogen-bond acceptors (Lipinski definition) is 5. The maximum absolute atomic E-state index is 12.0. The zero-order chi connectivity index (χ0) is 16.9. The maximum atomic E-state index is 12.0. The van der Waals surface area contributed by atoms with Crippen molar-refractivity contribution in [1.29, 1.82) is 0 Å². The number of halogens is 1. The molecule has 0 atom stereocenters. The fraction of sp³-hybridized carbons (Fsp3) is 0.353. The van der Waals surface area contributed by atoms with E-state index in [1.807, 2.05) is 31.2 Å². The highest BCUT2D eigenvalue weighted by Gasteiger charge is 2.14. The number of carbonyl (C=O) groups is 1. The summed E-state index contributed by atoms with van der Waals surface area (Å²) in [4.78, 5) is 14.3. The van der Waals surface area contributed by atoms with E-state index in [1.165, 1.54) is 24.6 Å². The predicted molar refractivity (Wildman–Crippen MR) is 99.0 cm³/mol. The van der Waals surface area contributed by atoms with Crippen molar-refractivity contribution >= 4 is 40.8 Å². The second-order valence-corrected chi connectivity index (χ2v) is 7.13. The molecule has 24 heavy (non-hydrogen) atoms.